The quantitative estimate of drug-likeness (QED) is 0.804. The lowest BCUT2D eigenvalue weighted by Gasteiger charge is -2.23. The Labute approximate surface area is 157 Å². The Kier molecular flexibility index (Phi) is 6.01. The van der Waals surface area contributed by atoms with E-state index in [1.165, 1.54) is 24.3 Å². The molecule has 2 heterocycles. The highest BCUT2D eigenvalue weighted by Gasteiger charge is 2.31. The number of carbonyl (C=O) groups excluding carboxylic acids is 2. The number of pyridine rings is 1. The van der Waals surface area contributed by atoms with Crippen molar-refractivity contribution in [2.24, 2.45) is 5.92 Å². The van der Waals surface area contributed by atoms with Gasteiger partial charge in [0.05, 0.1) is 5.92 Å². The van der Waals surface area contributed by atoms with Crippen LogP contribution < -0.4 is 4.74 Å². The molecule has 27 heavy (non-hydrogen) atoms. The zero-order valence-corrected chi connectivity index (χ0v) is 15.2. The van der Waals surface area contributed by atoms with Crippen molar-refractivity contribution in [1.82, 2.24) is 14.8 Å². The second kappa shape index (κ2) is 8.62. The summed E-state index contributed by atoms with van der Waals surface area (Å²) in [5.41, 5.74) is 0.820. The van der Waals surface area contributed by atoms with E-state index < -0.39 is 0 Å². The molecule has 0 N–H and O–H groups in total. The molecule has 2 aromatic rings. The minimum atomic E-state index is -0.361. The fraction of sp³-hybridized carbons (Fsp3) is 0.350. The molecule has 2 amide bonds. The van der Waals surface area contributed by atoms with Crippen molar-refractivity contribution in [2.45, 2.75) is 6.42 Å². The molecular formula is C20H22FN3O3. The van der Waals surface area contributed by atoms with Gasteiger partial charge < -0.3 is 14.5 Å². The molecule has 0 bridgehead atoms. The van der Waals surface area contributed by atoms with Gasteiger partial charge in [-0.2, -0.15) is 0 Å². The first-order chi connectivity index (χ1) is 13.0. The van der Waals surface area contributed by atoms with E-state index in [0.29, 0.717) is 31.8 Å². The number of aromatic nitrogens is 1. The van der Waals surface area contributed by atoms with Crippen LogP contribution in [0.3, 0.4) is 0 Å². The first-order valence-electron chi connectivity index (χ1n) is 8.84. The van der Waals surface area contributed by atoms with Crippen molar-refractivity contribution in [3.8, 4) is 5.75 Å². The number of benzene rings is 1. The second-order valence-electron chi connectivity index (χ2n) is 6.56. The van der Waals surface area contributed by atoms with Gasteiger partial charge in [-0.15, -0.1) is 0 Å². The summed E-state index contributed by atoms with van der Waals surface area (Å²) < 4.78 is 18.4. The highest BCUT2D eigenvalue weighted by molar-refractivity contribution is 5.82. The summed E-state index contributed by atoms with van der Waals surface area (Å²) in [5.74, 6) is -0.469. The number of halogens is 1. The normalized spacial score (nSPS) is 17.6. The zero-order chi connectivity index (χ0) is 19.2. The summed E-state index contributed by atoms with van der Waals surface area (Å²) >= 11 is 0. The van der Waals surface area contributed by atoms with Crippen LogP contribution in [0.25, 0.3) is 0 Å². The summed E-state index contributed by atoms with van der Waals surface area (Å²) in [7, 11) is 1.75. The molecule has 1 aliphatic rings. The Hall–Kier alpha value is -2.96. The summed E-state index contributed by atoms with van der Waals surface area (Å²) in [6.45, 7) is 1.09. The van der Waals surface area contributed by atoms with Gasteiger partial charge in [0.25, 0.3) is 5.91 Å². The standard InChI is InChI=1S/C20H22FN3O3/c1-23-10-11-24(19(25)14-27-18-7-5-16(21)6-8-18)13-15(20(23)26)12-17-4-2-3-9-22-17/h2-9,15H,10-14H2,1H3/t15-/m0/s1. The third-order valence-electron chi connectivity index (χ3n) is 4.58. The molecule has 0 aliphatic carbocycles. The van der Waals surface area contributed by atoms with E-state index in [-0.39, 0.29) is 30.2 Å². The average molecular weight is 371 g/mol. The highest BCUT2D eigenvalue weighted by Crippen LogP contribution is 2.16. The number of amides is 2. The molecule has 3 rings (SSSR count). The van der Waals surface area contributed by atoms with Crippen molar-refractivity contribution in [2.75, 3.05) is 33.3 Å². The Morgan fingerprint density at radius 1 is 1.22 bits per heavy atom. The first-order valence-corrected chi connectivity index (χ1v) is 8.84. The minimum absolute atomic E-state index is 0.00964. The van der Waals surface area contributed by atoms with E-state index in [0.717, 1.165) is 5.69 Å². The zero-order valence-electron chi connectivity index (χ0n) is 15.2. The molecule has 1 aromatic carbocycles. The molecule has 6 nitrogen and oxygen atoms in total. The Balaban J connectivity index is 1.64. The maximum Gasteiger partial charge on any atom is 0.260 e. The number of rotatable bonds is 5. The minimum Gasteiger partial charge on any atom is -0.484 e. The first kappa shape index (κ1) is 18.8. The van der Waals surface area contributed by atoms with E-state index in [1.807, 2.05) is 18.2 Å². The molecule has 1 aliphatic heterocycles. The van der Waals surface area contributed by atoms with Crippen LogP contribution >= 0.6 is 0 Å². The Morgan fingerprint density at radius 3 is 2.70 bits per heavy atom. The number of likely N-dealkylation sites (N-methyl/N-ethyl adjacent to an activating group) is 1. The van der Waals surface area contributed by atoms with Crippen LogP contribution in [0.5, 0.6) is 5.75 Å². The van der Waals surface area contributed by atoms with Crippen molar-refractivity contribution < 1.29 is 18.7 Å². The van der Waals surface area contributed by atoms with E-state index in [9.17, 15) is 14.0 Å². The summed E-state index contributed by atoms with van der Waals surface area (Å²) in [4.78, 5) is 32.8. The average Bonchev–Trinajstić information content (AvgIpc) is 2.82. The molecule has 0 radical (unpaired) electrons. The number of ether oxygens (including phenoxy) is 1. The van der Waals surface area contributed by atoms with Crippen LogP contribution in [0.2, 0.25) is 0 Å². The molecule has 0 spiro atoms. The fourth-order valence-corrected chi connectivity index (χ4v) is 3.04. The van der Waals surface area contributed by atoms with Crippen molar-refractivity contribution in [1.29, 1.82) is 0 Å². The van der Waals surface area contributed by atoms with Gasteiger partial charge in [0.2, 0.25) is 5.91 Å². The third kappa shape index (κ3) is 5.03. The lowest BCUT2D eigenvalue weighted by Crippen LogP contribution is -2.39. The topological polar surface area (TPSA) is 62.7 Å². The number of hydrogen-bond donors (Lipinski definition) is 0. The molecular weight excluding hydrogens is 349 g/mol. The Morgan fingerprint density at radius 2 is 2.00 bits per heavy atom. The lowest BCUT2D eigenvalue weighted by atomic mass is 10.0. The van der Waals surface area contributed by atoms with Gasteiger partial charge in [-0.3, -0.25) is 14.6 Å². The molecule has 1 fully saturated rings. The van der Waals surface area contributed by atoms with Crippen LogP contribution in [-0.2, 0) is 16.0 Å². The van der Waals surface area contributed by atoms with Gasteiger partial charge in [-0.05, 0) is 36.4 Å². The van der Waals surface area contributed by atoms with Crippen molar-refractivity contribution in [3.05, 3.63) is 60.2 Å². The SMILES string of the molecule is CN1CCN(C(=O)COc2ccc(F)cc2)C[C@H](Cc2ccccn2)C1=O. The molecule has 0 saturated carbocycles. The summed E-state index contributed by atoms with van der Waals surface area (Å²) in [6, 6.07) is 11.1. The van der Waals surface area contributed by atoms with Crippen LogP contribution in [0.4, 0.5) is 4.39 Å². The van der Waals surface area contributed by atoms with Crippen LogP contribution in [0.1, 0.15) is 5.69 Å². The van der Waals surface area contributed by atoms with Gasteiger partial charge in [0.15, 0.2) is 6.61 Å². The van der Waals surface area contributed by atoms with Gasteiger partial charge in [-0.25, -0.2) is 4.39 Å². The maximum atomic E-state index is 12.9. The van der Waals surface area contributed by atoms with E-state index in [4.69, 9.17) is 4.74 Å². The predicted molar refractivity (Wildman–Crippen MR) is 97.5 cm³/mol. The number of hydrogen-bond acceptors (Lipinski definition) is 4. The van der Waals surface area contributed by atoms with E-state index >= 15 is 0 Å². The monoisotopic (exact) mass is 371 g/mol. The molecule has 0 unspecified atom stereocenters. The largest absolute Gasteiger partial charge is 0.484 e. The highest BCUT2D eigenvalue weighted by atomic mass is 19.1. The maximum absolute atomic E-state index is 12.9. The molecule has 1 aromatic heterocycles. The molecule has 7 heteroatoms. The van der Waals surface area contributed by atoms with Gasteiger partial charge in [0.1, 0.15) is 11.6 Å². The van der Waals surface area contributed by atoms with Crippen molar-refractivity contribution in [3.63, 3.8) is 0 Å². The lowest BCUT2D eigenvalue weighted by molar-refractivity contribution is -0.135. The van der Waals surface area contributed by atoms with Crippen LogP contribution in [0, 0.1) is 11.7 Å². The van der Waals surface area contributed by atoms with Gasteiger partial charge in [0, 0.05) is 45.0 Å². The number of carbonyl (C=O) groups is 2. The smallest absolute Gasteiger partial charge is 0.260 e. The molecule has 1 atom stereocenters. The predicted octanol–water partition coefficient (Wildman–Crippen LogP) is 1.76. The van der Waals surface area contributed by atoms with Crippen molar-refractivity contribution >= 4 is 11.8 Å². The van der Waals surface area contributed by atoms with Crippen LogP contribution in [-0.4, -0.2) is 59.9 Å². The summed E-state index contributed by atoms with van der Waals surface area (Å²) in [5, 5.41) is 0. The van der Waals surface area contributed by atoms with Gasteiger partial charge >= 0.3 is 0 Å². The van der Waals surface area contributed by atoms with E-state index in [2.05, 4.69) is 4.98 Å². The third-order valence-corrected chi connectivity index (χ3v) is 4.58. The van der Waals surface area contributed by atoms with Gasteiger partial charge in [-0.1, -0.05) is 6.07 Å². The van der Waals surface area contributed by atoms with E-state index in [1.54, 1.807) is 23.0 Å². The fourth-order valence-electron chi connectivity index (χ4n) is 3.04. The number of nitrogens with zero attached hydrogens (tertiary/aromatic N) is 3. The molecule has 1 saturated heterocycles. The molecule has 142 valence electrons. The second-order valence-corrected chi connectivity index (χ2v) is 6.56. The Bertz CT molecular complexity index is 783. The van der Waals surface area contributed by atoms with Crippen LogP contribution in [0.15, 0.2) is 48.7 Å². The summed E-state index contributed by atoms with van der Waals surface area (Å²) in [6.07, 6.45) is 2.17.